The number of rotatable bonds is 16. The number of aromatic nitrogens is 10. The maximum Gasteiger partial charge on any atom is 0.325 e. The number of ether oxygens (including phenoxy) is 4. The number of carboxylic acid groups (broad SMARTS) is 1. The monoisotopic (exact) mass is 1420 g/mol. The molecular weight excluding hydrogens is 1360 g/mol. The van der Waals surface area contributed by atoms with Crippen LogP contribution in [0.3, 0.4) is 0 Å². The molecule has 0 saturated carbocycles. The summed E-state index contributed by atoms with van der Waals surface area (Å²) in [6.07, 6.45) is 4.11. The van der Waals surface area contributed by atoms with Crippen LogP contribution in [-0.4, -0.2) is 161 Å². The van der Waals surface area contributed by atoms with E-state index < -0.39 is 42.2 Å². The number of halogens is 5. The highest BCUT2D eigenvalue weighted by Gasteiger charge is 2.40. The van der Waals surface area contributed by atoms with Crippen molar-refractivity contribution in [2.24, 2.45) is 0 Å². The molecule has 25 nitrogen and oxygen atoms in total. The van der Waals surface area contributed by atoms with E-state index in [9.17, 15) is 37.5 Å². The van der Waals surface area contributed by atoms with Crippen molar-refractivity contribution >= 4 is 149 Å². The third-order valence-corrected chi connectivity index (χ3v) is 13.6. The predicted molar refractivity (Wildman–Crippen MR) is 342 cm³/mol. The van der Waals surface area contributed by atoms with Crippen LogP contribution in [0.15, 0.2) is 94.7 Å². The summed E-state index contributed by atoms with van der Waals surface area (Å²) in [4.78, 5) is 99.4. The van der Waals surface area contributed by atoms with E-state index in [1.807, 2.05) is 0 Å². The number of nitrogens with one attached hydrogen (secondary N) is 3. The fraction of sp³-hybridized carbons (Fsp3) is 0.309. The molecule has 6 aromatic heterocycles. The Morgan fingerprint density at radius 1 is 0.648 bits per heavy atom. The summed E-state index contributed by atoms with van der Waals surface area (Å²) in [6, 6.07) is 16.0. The zero-order chi connectivity index (χ0) is 61.6. The molecule has 0 radical (unpaired) electrons. The maximum atomic E-state index is 14.5. The highest BCUT2D eigenvalue weighted by Crippen LogP contribution is 2.31. The molecule has 33 heteroatoms. The Morgan fingerprint density at radius 2 is 1.09 bits per heavy atom. The average Bonchev–Trinajstić information content (AvgIpc) is 3.91. The van der Waals surface area contributed by atoms with Crippen molar-refractivity contribution in [2.45, 2.75) is 71.6 Å². The number of carbonyl (C=O) groups is 6. The van der Waals surface area contributed by atoms with E-state index in [-0.39, 0.29) is 119 Å². The molecule has 2 saturated heterocycles. The molecule has 2 aliphatic rings. The van der Waals surface area contributed by atoms with Crippen LogP contribution in [-0.2, 0) is 54.6 Å². The van der Waals surface area contributed by atoms with Gasteiger partial charge in [0.1, 0.15) is 75.2 Å². The first-order valence-corrected chi connectivity index (χ1v) is 28.2. The predicted octanol–water partition coefficient (Wildman–Crippen LogP) is 7.89. The number of Topliss-reactive ketones (excluding diaryl/α,β-unsaturated/α-hetero) is 2. The summed E-state index contributed by atoms with van der Waals surface area (Å²) in [5.41, 5.74) is 4.51. The van der Waals surface area contributed by atoms with Crippen molar-refractivity contribution in [3.63, 3.8) is 0 Å². The van der Waals surface area contributed by atoms with Crippen LogP contribution >= 0.6 is 57.8 Å². The molecule has 0 spiro atoms. The lowest BCUT2D eigenvalue weighted by Crippen LogP contribution is -2.44. The smallest absolute Gasteiger partial charge is 0.325 e. The van der Waals surface area contributed by atoms with Gasteiger partial charge in [0, 0.05) is 127 Å². The van der Waals surface area contributed by atoms with Crippen molar-refractivity contribution in [1.82, 2.24) is 59.7 Å². The van der Waals surface area contributed by atoms with Gasteiger partial charge in [-0.3, -0.25) is 38.1 Å². The van der Waals surface area contributed by atoms with Crippen molar-refractivity contribution in [1.29, 1.82) is 0 Å². The summed E-state index contributed by atoms with van der Waals surface area (Å²) < 4.78 is 51.4. The normalized spacial score (nSPS) is 15.4. The Kier molecular flexibility index (Phi) is 27.6. The highest BCUT2D eigenvalue weighted by molar-refractivity contribution is 9.10. The molecule has 8 heterocycles. The van der Waals surface area contributed by atoms with Crippen LogP contribution in [0.5, 0.6) is 23.5 Å². The molecule has 10 rings (SSSR count). The van der Waals surface area contributed by atoms with E-state index in [0.29, 0.717) is 53.9 Å². The molecule has 0 bridgehead atoms. The van der Waals surface area contributed by atoms with Gasteiger partial charge in [0.05, 0.1) is 52.1 Å². The molecule has 468 valence electrons. The van der Waals surface area contributed by atoms with E-state index in [1.54, 1.807) is 79.4 Å². The first kappa shape index (κ1) is 72.6. The molecule has 0 unspecified atom stereocenters. The molecular formula is C55H59Br2ClF2N14O11S3. The molecule has 4 atom stereocenters. The second-order valence-electron chi connectivity index (χ2n) is 18.5. The van der Waals surface area contributed by atoms with Crippen molar-refractivity contribution in [2.75, 3.05) is 52.2 Å². The molecule has 2 fully saturated rings. The van der Waals surface area contributed by atoms with Gasteiger partial charge in [-0.1, -0.05) is 19.6 Å². The van der Waals surface area contributed by atoms with Gasteiger partial charge in [-0.25, -0.2) is 38.7 Å². The summed E-state index contributed by atoms with van der Waals surface area (Å²) in [7, 11) is 5.96. The fourth-order valence-electron chi connectivity index (χ4n) is 8.90. The Labute approximate surface area is 542 Å². The number of amides is 3. The van der Waals surface area contributed by atoms with E-state index in [0.717, 1.165) is 16.7 Å². The van der Waals surface area contributed by atoms with Crippen molar-refractivity contribution in [3.05, 3.63) is 106 Å². The molecule has 2 aromatic carbocycles. The quantitative estimate of drug-likeness (QED) is 0.0527. The largest absolute Gasteiger partial charge is 0.497 e. The van der Waals surface area contributed by atoms with Crippen molar-refractivity contribution in [3.8, 4) is 45.8 Å². The number of alkyl halides is 2. The van der Waals surface area contributed by atoms with Gasteiger partial charge in [0.15, 0.2) is 11.6 Å². The number of benzene rings is 2. The third kappa shape index (κ3) is 18.4. The van der Waals surface area contributed by atoms with E-state index in [1.165, 1.54) is 62.6 Å². The lowest BCUT2D eigenvalue weighted by molar-refractivity contribution is -0.138. The molecule has 0 aliphatic carbocycles. The van der Waals surface area contributed by atoms with Gasteiger partial charge in [-0.15, -0.1) is 12.4 Å². The summed E-state index contributed by atoms with van der Waals surface area (Å²) >= 11 is 13.8. The second kappa shape index (κ2) is 33.5. The number of anilines is 2. The number of hydrogen-bond donors (Lipinski definition) is 4. The minimum Gasteiger partial charge on any atom is -0.497 e. The van der Waals surface area contributed by atoms with Gasteiger partial charge < -0.3 is 44.9 Å². The zero-order valence-electron chi connectivity index (χ0n) is 46.8. The van der Waals surface area contributed by atoms with Gasteiger partial charge >= 0.3 is 18.0 Å². The Bertz CT molecular complexity index is 3790. The Balaban J connectivity index is 0.000000300. The number of fused-ring (bicyclic) bond motifs is 2. The first-order chi connectivity index (χ1) is 40.7. The number of pyridine rings is 2. The number of ketones is 2. The number of carboxylic acids is 1. The van der Waals surface area contributed by atoms with Crippen molar-refractivity contribution < 1.29 is 61.6 Å². The second-order valence-corrected chi connectivity index (χ2v) is 20.1. The molecule has 3 amide bonds. The fourth-order valence-corrected chi connectivity index (χ4v) is 9.74. The summed E-state index contributed by atoms with van der Waals surface area (Å²) in [5.74, 6) is -1.33. The zero-order valence-corrected chi connectivity index (χ0v) is 53.4. The van der Waals surface area contributed by atoms with Crippen LogP contribution in [0.1, 0.15) is 55.1 Å². The number of nitrogens with zero attached hydrogens (tertiary/aromatic N) is 11. The summed E-state index contributed by atoms with van der Waals surface area (Å²) in [5, 5.41) is 26.7. The lowest BCUT2D eigenvalue weighted by Gasteiger charge is -2.23. The number of aliphatic carboxylic acids is 1. The van der Waals surface area contributed by atoms with Crippen LogP contribution in [0.4, 0.5) is 20.4 Å². The minimum absolute atomic E-state index is 0. The number of likely N-dealkylation sites (tertiary alicyclic amines) is 1. The maximum absolute atomic E-state index is 14.5. The van der Waals surface area contributed by atoms with Gasteiger partial charge in [0.2, 0.25) is 17.7 Å². The van der Waals surface area contributed by atoms with E-state index >= 15 is 0 Å². The number of hydrogen-bond acceptors (Lipinski definition) is 21. The van der Waals surface area contributed by atoms with Crippen LogP contribution < -0.4 is 34.9 Å². The Morgan fingerprint density at radius 3 is 1.49 bits per heavy atom. The highest BCUT2D eigenvalue weighted by atomic mass is 79.9. The summed E-state index contributed by atoms with van der Waals surface area (Å²) in [6.45, 7) is 2.15. The standard InChI is InChI=1S/C27H25BrFN7O5.C16H14N4O4.C11H13BrFN3O2.CH4.ClH.S2.H2S/c1-14(37)25-19-6-15(16-10-30-27(41-3)31-11-16)4-5-20(19)36(34-25)13-24(38)35-12-17(29)7-21(35)26(39)33-23-9-18(40-2)8-22(28)32-23;1-9(21)15-12-5-10(11-6-17-16(24-2)18-7-11)3-4-13(12)20(19-15)8-14(22)23;1-18-7-3-9(12)15-10(4-7)16-11(17)8-2-6(13)5-14-8;;;1-2;/h4-6,8-11,17,21H,7,12-13H2,1-3H3,(H,32,33,39);3-7H,8H2,1-2H3,(H,22,23);3-4,6,8,14H,2,5H2,1H3,(H,15,16,17);1H4;1H;;1H2/t17-,21+;;6-,8+;;;;/m1.1..../s1. The van der Waals surface area contributed by atoms with E-state index in [4.69, 9.17) is 24.1 Å². The number of carbonyl (C=O) groups excluding carboxylic acids is 5. The first-order valence-electron chi connectivity index (χ1n) is 25.2. The van der Waals surface area contributed by atoms with Gasteiger partial charge in [-0.05, 0) is 67.3 Å². The Hall–Kier alpha value is -7.88. The molecule has 8 aromatic rings. The molecule has 4 N–H and O–H groups in total. The minimum atomic E-state index is -1.38. The van der Waals surface area contributed by atoms with E-state index in [2.05, 4.69) is 110 Å². The molecule has 2 aliphatic heterocycles. The SMILES string of the molecule is C.COc1cc(Br)nc(NC(=O)[C@@H]2C[C@@H](F)CN2)c1.COc1cc(Br)nc(NC(=O)[C@@H]2C[C@@H](F)CN2C(=O)Cn2nc(C(C)=O)c3cc(-c4cnc(OC)nc4)ccc32)c1.COc1ncc(-c2ccc3c(c2)c(C(C)=O)nn3CC(=O)O)cn1.Cl.S.S=S. The average molecular weight is 1420 g/mol. The number of methoxy groups -OCH3 is 4. The van der Waals surface area contributed by atoms with Gasteiger partial charge in [-0.2, -0.15) is 23.7 Å². The lowest BCUT2D eigenvalue weighted by atomic mass is 10.0. The molecule has 88 heavy (non-hydrogen) atoms. The van der Waals surface area contributed by atoms with Crippen LogP contribution in [0.25, 0.3) is 44.1 Å². The topological polar surface area (TPSA) is 312 Å². The third-order valence-electron chi connectivity index (χ3n) is 12.8. The van der Waals surface area contributed by atoms with Crippen LogP contribution in [0.2, 0.25) is 0 Å². The van der Waals surface area contributed by atoms with Gasteiger partial charge in [0.25, 0.3) is 0 Å². The van der Waals surface area contributed by atoms with Crippen LogP contribution in [0, 0.1) is 0 Å².